The van der Waals surface area contributed by atoms with Crippen LogP contribution < -0.4 is 15.4 Å². The SMILES string of the molecule is CCC(CC)(CO)NC(=O)Nc1ccc(OC(C)C)cc1F. The summed E-state index contributed by atoms with van der Waals surface area (Å²) in [6.45, 7) is 7.28. The molecule has 0 fully saturated rings. The van der Waals surface area contributed by atoms with Crippen molar-refractivity contribution in [3.05, 3.63) is 24.0 Å². The molecule has 1 aromatic carbocycles. The Kier molecular flexibility index (Phi) is 6.61. The average Bonchev–Trinajstić information content (AvgIpc) is 2.47. The lowest BCUT2D eigenvalue weighted by molar-refractivity contribution is 0.155. The molecule has 124 valence electrons. The van der Waals surface area contributed by atoms with Gasteiger partial charge in [-0.2, -0.15) is 0 Å². The molecule has 5 nitrogen and oxygen atoms in total. The van der Waals surface area contributed by atoms with Gasteiger partial charge < -0.3 is 20.5 Å². The predicted octanol–water partition coefficient (Wildman–Crippen LogP) is 3.29. The van der Waals surface area contributed by atoms with Gasteiger partial charge in [-0.15, -0.1) is 0 Å². The third-order valence-electron chi connectivity index (χ3n) is 3.60. The highest BCUT2D eigenvalue weighted by molar-refractivity contribution is 5.90. The van der Waals surface area contributed by atoms with Crippen LogP contribution in [0.15, 0.2) is 18.2 Å². The summed E-state index contributed by atoms with van der Waals surface area (Å²) in [7, 11) is 0. The van der Waals surface area contributed by atoms with Gasteiger partial charge in [0.1, 0.15) is 11.6 Å². The summed E-state index contributed by atoms with van der Waals surface area (Å²) in [4.78, 5) is 12.0. The van der Waals surface area contributed by atoms with E-state index in [1.54, 1.807) is 6.07 Å². The number of benzene rings is 1. The fraction of sp³-hybridized carbons (Fsp3) is 0.562. The highest BCUT2D eigenvalue weighted by atomic mass is 19.1. The van der Waals surface area contributed by atoms with Crippen molar-refractivity contribution in [1.82, 2.24) is 5.32 Å². The van der Waals surface area contributed by atoms with E-state index >= 15 is 0 Å². The highest BCUT2D eigenvalue weighted by Gasteiger charge is 2.27. The van der Waals surface area contributed by atoms with Crippen molar-refractivity contribution >= 4 is 11.7 Å². The van der Waals surface area contributed by atoms with Gasteiger partial charge >= 0.3 is 6.03 Å². The molecule has 0 bridgehead atoms. The smallest absolute Gasteiger partial charge is 0.319 e. The number of carbonyl (C=O) groups is 1. The maximum absolute atomic E-state index is 14.0. The van der Waals surface area contributed by atoms with E-state index in [4.69, 9.17) is 4.74 Å². The van der Waals surface area contributed by atoms with Crippen LogP contribution in [0.1, 0.15) is 40.5 Å². The van der Waals surface area contributed by atoms with E-state index in [-0.39, 0.29) is 18.4 Å². The van der Waals surface area contributed by atoms with E-state index in [0.717, 1.165) is 0 Å². The maximum Gasteiger partial charge on any atom is 0.319 e. The maximum atomic E-state index is 14.0. The Bertz CT molecular complexity index is 494. The highest BCUT2D eigenvalue weighted by Crippen LogP contribution is 2.22. The second kappa shape index (κ2) is 7.98. The van der Waals surface area contributed by atoms with E-state index in [1.807, 2.05) is 27.7 Å². The monoisotopic (exact) mass is 312 g/mol. The Balaban J connectivity index is 2.76. The first kappa shape index (κ1) is 18.2. The fourth-order valence-electron chi connectivity index (χ4n) is 2.03. The molecule has 0 saturated carbocycles. The first-order chi connectivity index (χ1) is 10.4. The number of halogens is 1. The van der Waals surface area contributed by atoms with Crippen LogP contribution in [0, 0.1) is 5.82 Å². The number of rotatable bonds is 7. The predicted molar refractivity (Wildman–Crippen MR) is 84.7 cm³/mol. The van der Waals surface area contributed by atoms with Crippen molar-refractivity contribution in [3.8, 4) is 5.75 Å². The molecule has 0 aliphatic carbocycles. The van der Waals surface area contributed by atoms with Crippen molar-refractivity contribution in [2.45, 2.75) is 52.2 Å². The van der Waals surface area contributed by atoms with Crippen LogP contribution in [0.2, 0.25) is 0 Å². The number of amides is 2. The average molecular weight is 312 g/mol. The molecule has 0 radical (unpaired) electrons. The Labute approximate surface area is 130 Å². The Morgan fingerprint density at radius 2 is 2.00 bits per heavy atom. The minimum atomic E-state index is -0.693. The minimum Gasteiger partial charge on any atom is -0.491 e. The Hall–Kier alpha value is -1.82. The zero-order valence-electron chi connectivity index (χ0n) is 13.6. The molecule has 22 heavy (non-hydrogen) atoms. The van der Waals surface area contributed by atoms with Gasteiger partial charge in [0.25, 0.3) is 0 Å². The van der Waals surface area contributed by atoms with E-state index in [9.17, 15) is 14.3 Å². The lowest BCUT2D eigenvalue weighted by Gasteiger charge is -2.30. The lowest BCUT2D eigenvalue weighted by Crippen LogP contribution is -2.52. The van der Waals surface area contributed by atoms with Crippen LogP contribution in [-0.2, 0) is 0 Å². The summed E-state index contributed by atoms with van der Waals surface area (Å²) in [5, 5.41) is 14.6. The molecular weight excluding hydrogens is 287 g/mol. The number of ether oxygens (including phenoxy) is 1. The van der Waals surface area contributed by atoms with Gasteiger partial charge in [0.15, 0.2) is 0 Å². The van der Waals surface area contributed by atoms with E-state index < -0.39 is 17.4 Å². The fourth-order valence-corrected chi connectivity index (χ4v) is 2.03. The van der Waals surface area contributed by atoms with E-state index in [2.05, 4.69) is 10.6 Å². The number of hydrogen-bond acceptors (Lipinski definition) is 3. The Morgan fingerprint density at radius 1 is 1.36 bits per heavy atom. The van der Waals surface area contributed by atoms with Crippen molar-refractivity contribution < 1.29 is 19.0 Å². The number of nitrogens with one attached hydrogen (secondary N) is 2. The molecule has 0 spiro atoms. The molecule has 0 unspecified atom stereocenters. The molecule has 2 amide bonds. The molecule has 6 heteroatoms. The zero-order chi connectivity index (χ0) is 16.8. The van der Waals surface area contributed by atoms with Crippen molar-refractivity contribution in [3.63, 3.8) is 0 Å². The Morgan fingerprint density at radius 3 is 2.45 bits per heavy atom. The first-order valence-electron chi connectivity index (χ1n) is 7.52. The number of urea groups is 1. The molecule has 0 aliphatic heterocycles. The molecule has 0 aliphatic rings. The van der Waals surface area contributed by atoms with Crippen molar-refractivity contribution in [2.75, 3.05) is 11.9 Å². The van der Waals surface area contributed by atoms with Gasteiger partial charge in [0.05, 0.1) is 23.9 Å². The van der Waals surface area contributed by atoms with Crippen LogP contribution in [-0.4, -0.2) is 29.4 Å². The second-order valence-electron chi connectivity index (χ2n) is 5.53. The third-order valence-corrected chi connectivity index (χ3v) is 3.60. The minimum absolute atomic E-state index is 0.0548. The number of hydrogen-bond donors (Lipinski definition) is 3. The molecule has 3 N–H and O–H groups in total. The van der Waals surface area contributed by atoms with Gasteiger partial charge in [-0.25, -0.2) is 9.18 Å². The number of carbonyl (C=O) groups excluding carboxylic acids is 1. The topological polar surface area (TPSA) is 70.6 Å². The molecule has 1 rings (SSSR count). The van der Waals surface area contributed by atoms with Gasteiger partial charge in [0, 0.05) is 6.07 Å². The summed E-state index contributed by atoms with van der Waals surface area (Å²) < 4.78 is 19.4. The lowest BCUT2D eigenvalue weighted by atomic mass is 9.94. The summed E-state index contributed by atoms with van der Waals surface area (Å²) in [5.41, 5.74) is -0.631. The summed E-state index contributed by atoms with van der Waals surface area (Å²) in [6.07, 6.45) is 1.11. The van der Waals surface area contributed by atoms with Crippen molar-refractivity contribution in [2.24, 2.45) is 0 Å². The van der Waals surface area contributed by atoms with Gasteiger partial charge in [-0.1, -0.05) is 13.8 Å². The van der Waals surface area contributed by atoms with Crippen LogP contribution in [0.25, 0.3) is 0 Å². The third kappa shape index (κ3) is 4.87. The van der Waals surface area contributed by atoms with E-state index in [0.29, 0.717) is 18.6 Å². The molecule has 0 atom stereocenters. The second-order valence-corrected chi connectivity index (χ2v) is 5.53. The summed E-state index contributed by atoms with van der Waals surface area (Å²) in [6, 6.07) is 3.73. The standard InChI is InChI=1S/C16H25FN2O3/c1-5-16(6-2,10-20)19-15(21)18-14-8-7-12(9-13(14)17)22-11(3)4/h7-9,11,20H,5-6,10H2,1-4H3,(H2,18,19,21). The summed E-state index contributed by atoms with van der Waals surface area (Å²) >= 11 is 0. The van der Waals surface area contributed by atoms with Crippen LogP contribution in [0.5, 0.6) is 5.75 Å². The van der Waals surface area contributed by atoms with Gasteiger partial charge in [-0.3, -0.25) is 0 Å². The molecule has 0 aromatic heterocycles. The van der Waals surface area contributed by atoms with E-state index in [1.165, 1.54) is 12.1 Å². The van der Waals surface area contributed by atoms with Gasteiger partial charge in [0.2, 0.25) is 0 Å². The number of anilines is 1. The quantitative estimate of drug-likeness (QED) is 0.723. The molecule has 1 aromatic rings. The zero-order valence-corrected chi connectivity index (χ0v) is 13.6. The first-order valence-corrected chi connectivity index (χ1v) is 7.52. The molecular formula is C16H25FN2O3. The number of aliphatic hydroxyl groups excluding tert-OH is 1. The molecule has 0 saturated heterocycles. The normalized spacial score (nSPS) is 11.4. The van der Waals surface area contributed by atoms with Crippen LogP contribution in [0.4, 0.5) is 14.9 Å². The molecule has 0 heterocycles. The summed E-state index contributed by atoms with van der Waals surface area (Å²) in [5.74, 6) is -0.166. The number of aliphatic hydroxyl groups is 1. The van der Waals surface area contributed by atoms with Crippen LogP contribution >= 0.6 is 0 Å². The van der Waals surface area contributed by atoms with Crippen molar-refractivity contribution in [1.29, 1.82) is 0 Å². The van der Waals surface area contributed by atoms with Crippen LogP contribution in [0.3, 0.4) is 0 Å². The van der Waals surface area contributed by atoms with Gasteiger partial charge in [-0.05, 0) is 38.8 Å². The largest absolute Gasteiger partial charge is 0.491 e.